The zero-order valence-corrected chi connectivity index (χ0v) is 12.1. The molecule has 1 saturated heterocycles. The Morgan fingerprint density at radius 3 is 2.65 bits per heavy atom. The molecular weight excluding hydrogens is 254 g/mol. The third kappa shape index (κ3) is 2.30. The summed E-state index contributed by atoms with van der Waals surface area (Å²) < 4.78 is 0. The highest BCUT2D eigenvalue weighted by atomic mass is 16.4. The predicted molar refractivity (Wildman–Crippen MR) is 76.7 cm³/mol. The normalized spacial score (nSPS) is 22.0. The fraction of sp³-hybridized carbons (Fsp3) is 0.500. The number of aryl methyl sites for hydroxylation is 1. The molecule has 1 atom stereocenters. The van der Waals surface area contributed by atoms with Crippen molar-refractivity contribution in [3.8, 4) is 0 Å². The van der Waals surface area contributed by atoms with Crippen LogP contribution in [-0.4, -0.2) is 34.0 Å². The van der Waals surface area contributed by atoms with E-state index >= 15 is 0 Å². The van der Waals surface area contributed by atoms with Crippen LogP contribution in [0, 0.1) is 6.92 Å². The zero-order chi connectivity index (χ0) is 14.8. The second-order valence-corrected chi connectivity index (χ2v) is 5.46. The van der Waals surface area contributed by atoms with Gasteiger partial charge in [-0.25, -0.2) is 4.79 Å². The largest absolute Gasteiger partial charge is 0.479 e. The number of carboxylic acids is 1. The molecule has 1 heterocycles. The second-order valence-electron chi connectivity index (χ2n) is 5.46. The molecule has 1 fully saturated rings. The Morgan fingerprint density at radius 2 is 2.05 bits per heavy atom. The number of amides is 1. The molecule has 0 aliphatic carbocycles. The summed E-state index contributed by atoms with van der Waals surface area (Å²) in [5.41, 5.74) is 0.477. The molecule has 4 heteroatoms. The number of carbonyl (C=O) groups is 2. The van der Waals surface area contributed by atoms with Crippen molar-refractivity contribution in [2.24, 2.45) is 0 Å². The molecule has 1 unspecified atom stereocenters. The van der Waals surface area contributed by atoms with Gasteiger partial charge in [0.25, 0.3) is 5.91 Å². The highest BCUT2D eigenvalue weighted by Gasteiger charge is 2.49. The van der Waals surface area contributed by atoms with E-state index in [4.69, 9.17) is 0 Å². The van der Waals surface area contributed by atoms with E-state index in [9.17, 15) is 14.7 Å². The lowest BCUT2D eigenvalue weighted by atomic mass is 9.90. The van der Waals surface area contributed by atoms with E-state index in [1.807, 2.05) is 32.0 Å². The van der Waals surface area contributed by atoms with Crippen LogP contribution in [-0.2, 0) is 4.79 Å². The Hall–Kier alpha value is -1.84. The lowest BCUT2D eigenvalue weighted by Crippen LogP contribution is -2.53. The molecule has 0 bridgehead atoms. The molecule has 0 saturated carbocycles. The van der Waals surface area contributed by atoms with Crippen LogP contribution in [0.4, 0.5) is 0 Å². The molecule has 1 aliphatic heterocycles. The van der Waals surface area contributed by atoms with Gasteiger partial charge in [-0.2, -0.15) is 0 Å². The minimum absolute atomic E-state index is 0.156. The Bertz CT molecular complexity index is 526. The van der Waals surface area contributed by atoms with Crippen molar-refractivity contribution in [1.29, 1.82) is 0 Å². The number of aliphatic carboxylic acids is 1. The molecule has 108 valence electrons. The van der Waals surface area contributed by atoms with Crippen molar-refractivity contribution in [3.05, 3.63) is 35.4 Å². The molecule has 1 aromatic rings. The number of nitrogens with zero attached hydrogens (tertiary/aromatic N) is 1. The molecule has 0 spiro atoms. The number of carboxylic acid groups (broad SMARTS) is 1. The third-order valence-electron chi connectivity index (χ3n) is 4.17. The van der Waals surface area contributed by atoms with E-state index in [0.717, 1.165) is 18.4 Å². The van der Waals surface area contributed by atoms with Crippen molar-refractivity contribution in [3.63, 3.8) is 0 Å². The number of hydrogen-bond donors (Lipinski definition) is 1. The summed E-state index contributed by atoms with van der Waals surface area (Å²) in [4.78, 5) is 26.0. The van der Waals surface area contributed by atoms with Crippen LogP contribution in [0.25, 0.3) is 0 Å². The van der Waals surface area contributed by atoms with E-state index in [1.165, 1.54) is 0 Å². The van der Waals surface area contributed by atoms with Gasteiger partial charge >= 0.3 is 5.97 Å². The quantitative estimate of drug-likeness (QED) is 0.919. The van der Waals surface area contributed by atoms with Gasteiger partial charge in [-0.3, -0.25) is 4.79 Å². The van der Waals surface area contributed by atoms with Gasteiger partial charge in [-0.15, -0.1) is 0 Å². The summed E-state index contributed by atoms with van der Waals surface area (Å²) in [7, 11) is 0. The summed E-state index contributed by atoms with van der Waals surface area (Å²) in [6.07, 6.45) is 2.57. The number of likely N-dealkylation sites (tertiary alicyclic amines) is 1. The van der Waals surface area contributed by atoms with Gasteiger partial charge in [-0.1, -0.05) is 31.5 Å². The highest BCUT2D eigenvalue weighted by molar-refractivity contribution is 5.99. The van der Waals surface area contributed by atoms with Crippen molar-refractivity contribution in [2.75, 3.05) is 6.54 Å². The van der Waals surface area contributed by atoms with E-state index in [-0.39, 0.29) is 5.91 Å². The lowest BCUT2D eigenvalue weighted by molar-refractivity contribution is -0.148. The van der Waals surface area contributed by atoms with Crippen molar-refractivity contribution < 1.29 is 14.7 Å². The van der Waals surface area contributed by atoms with Crippen molar-refractivity contribution in [2.45, 2.75) is 45.1 Å². The summed E-state index contributed by atoms with van der Waals surface area (Å²) in [5, 5.41) is 9.64. The summed E-state index contributed by atoms with van der Waals surface area (Å²) in [5.74, 6) is -1.03. The average molecular weight is 275 g/mol. The topological polar surface area (TPSA) is 57.6 Å². The number of carbonyl (C=O) groups excluding carboxylic acids is 1. The first-order chi connectivity index (χ1) is 9.53. The molecule has 2 rings (SSSR count). The van der Waals surface area contributed by atoms with Gasteiger partial charge < -0.3 is 10.0 Å². The van der Waals surface area contributed by atoms with Gasteiger partial charge in [0.1, 0.15) is 5.54 Å². The molecule has 4 nitrogen and oxygen atoms in total. The van der Waals surface area contributed by atoms with Crippen LogP contribution < -0.4 is 0 Å². The molecule has 1 aromatic carbocycles. The van der Waals surface area contributed by atoms with Crippen LogP contribution in [0.2, 0.25) is 0 Å². The van der Waals surface area contributed by atoms with Crippen molar-refractivity contribution >= 4 is 11.9 Å². The van der Waals surface area contributed by atoms with Crippen LogP contribution in [0.5, 0.6) is 0 Å². The smallest absolute Gasteiger partial charge is 0.329 e. The molecule has 1 amide bonds. The standard InChI is InChI=1S/C16H21NO3/c1-3-9-16(15(19)20)10-6-11-17(16)14(18)13-8-5-4-7-12(13)2/h4-5,7-8H,3,6,9-11H2,1-2H3,(H,19,20). The van der Waals surface area contributed by atoms with E-state index in [2.05, 4.69) is 0 Å². The Labute approximate surface area is 119 Å². The fourth-order valence-corrected chi connectivity index (χ4v) is 3.14. The molecule has 1 aliphatic rings. The molecule has 20 heavy (non-hydrogen) atoms. The number of hydrogen-bond acceptors (Lipinski definition) is 2. The first-order valence-corrected chi connectivity index (χ1v) is 7.14. The van der Waals surface area contributed by atoms with Gasteiger partial charge in [0, 0.05) is 12.1 Å². The van der Waals surface area contributed by atoms with E-state index in [0.29, 0.717) is 24.9 Å². The van der Waals surface area contributed by atoms with Crippen LogP contribution in [0.3, 0.4) is 0 Å². The zero-order valence-electron chi connectivity index (χ0n) is 12.1. The van der Waals surface area contributed by atoms with Crippen LogP contribution >= 0.6 is 0 Å². The van der Waals surface area contributed by atoms with Gasteiger partial charge in [0.15, 0.2) is 0 Å². The first-order valence-electron chi connectivity index (χ1n) is 7.14. The second kappa shape index (κ2) is 5.65. The maximum Gasteiger partial charge on any atom is 0.329 e. The van der Waals surface area contributed by atoms with Gasteiger partial charge in [-0.05, 0) is 37.8 Å². The minimum atomic E-state index is -1.02. The highest BCUT2D eigenvalue weighted by Crippen LogP contribution is 2.35. The first kappa shape index (κ1) is 14.6. The fourth-order valence-electron chi connectivity index (χ4n) is 3.14. The third-order valence-corrected chi connectivity index (χ3v) is 4.17. The Morgan fingerprint density at radius 1 is 1.35 bits per heavy atom. The van der Waals surface area contributed by atoms with E-state index in [1.54, 1.807) is 11.0 Å². The molecule has 0 radical (unpaired) electrons. The Kier molecular flexibility index (Phi) is 4.12. The lowest BCUT2D eigenvalue weighted by Gasteiger charge is -2.35. The molecule has 1 N–H and O–H groups in total. The molecular formula is C16H21NO3. The maximum atomic E-state index is 12.7. The predicted octanol–water partition coefficient (Wildman–Crippen LogP) is 2.85. The monoisotopic (exact) mass is 275 g/mol. The SMILES string of the molecule is CCCC1(C(=O)O)CCCN1C(=O)c1ccccc1C. The summed E-state index contributed by atoms with van der Waals surface area (Å²) in [6.45, 7) is 4.37. The molecule has 0 aromatic heterocycles. The number of benzene rings is 1. The summed E-state index contributed by atoms with van der Waals surface area (Å²) >= 11 is 0. The minimum Gasteiger partial charge on any atom is -0.479 e. The van der Waals surface area contributed by atoms with Gasteiger partial charge in [0.2, 0.25) is 0 Å². The average Bonchev–Trinajstić information content (AvgIpc) is 2.84. The maximum absolute atomic E-state index is 12.7. The van der Waals surface area contributed by atoms with E-state index < -0.39 is 11.5 Å². The number of rotatable bonds is 4. The summed E-state index contributed by atoms with van der Waals surface area (Å²) in [6, 6.07) is 7.35. The Balaban J connectivity index is 2.38. The van der Waals surface area contributed by atoms with Crippen LogP contribution in [0.1, 0.15) is 48.5 Å². The van der Waals surface area contributed by atoms with Crippen LogP contribution in [0.15, 0.2) is 24.3 Å². The van der Waals surface area contributed by atoms with Gasteiger partial charge in [0.05, 0.1) is 0 Å². The van der Waals surface area contributed by atoms with Crippen molar-refractivity contribution in [1.82, 2.24) is 4.90 Å².